The highest BCUT2D eigenvalue weighted by Gasteiger charge is 2.32. The number of fused-ring (bicyclic) bond motifs is 1. The van der Waals surface area contributed by atoms with Crippen LogP contribution in [0.4, 0.5) is 11.5 Å². The summed E-state index contributed by atoms with van der Waals surface area (Å²) in [6, 6.07) is 18.2. The molecular formula is C27H24N4O7S2. The fourth-order valence-electron chi connectivity index (χ4n) is 3.96. The molecule has 4 aromatic rings. The molecule has 0 amide bonds. The SMILES string of the molecule is [C-]#[N+]CN(c1cnc(N(COC=O)S(=O)(=O)c2ccc(C)cc2)c2ccccc12)S(=O)(=O)c1ccc(OC)cc1. The van der Waals surface area contributed by atoms with Crippen LogP contribution < -0.4 is 13.3 Å². The first-order valence-corrected chi connectivity index (χ1v) is 14.6. The molecule has 4 rings (SSSR count). The summed E-state index contributed by atoms with van der Waals surface area (Å²) in [5.41, 5.74) is 0.913. The van der Waals surface area contributed by atoms with E-state index in [1.165, 1.54) is 49.7 Å². The van der Waals surface area contributed by atoms with Crippen LogP contribution in [0.25, 0.3) is 15.6 Å². The molecule has 1 aromatic heterocycles. The Morgan fingerprint density at radius 3 is 2.02 bits per heavy atom. The summed E-state index contributed by atoms with van der Waals surface area (Å²) in [6.45, 7) is 8.12. The maximum Gasteiger partial charge on any atom is 0.302 e. The summed E-state index contributed by atoms with van der Waals surface area (Å²) in [7, 11) is -7.04. The number of pyridine rings is 1. The Hall–Kier alpha value is -4.67. The largest absolute Gasteiger partial charge is 0.497 e. The molecule has 40 heavy (non-hydrogen) atoms. The molecule has 0 aliphatic heterocycles. The fraction of sp³-hybridized carbons (Fsp3) is 0.148. The van der Waals surface area contributed by atoms with E-state index < -0.39 is 33.4 Å². The van der Waals surface area contributed by atoms with Gasteiger partial charge in [0.1, 0.15) is 5.75 Å². The number of methoxy groups -OCH3 is 1. The molecular weight excluding hydrogens is 556 g/mol. The van der Waals surface area contributed by atoms with Gasteiger partial charge in [-0.05, 0) is 43.3 Å². The topological polar surface area (TPSA) is 128 Å². The molecule has 13 heteroatoms. The normalized spacial score (nSPS) is 11.4. The van der Waals surface area contributed by atoms with Gasteiger partial charge < -0.3 is 9.47 Å². The fourth-order valence-corrected chi connectivity index (χ4v) is 6.62. The third kappa shape index (κ3) is 5.40. The lowest BCUT2D eigenvalue weighted by atomic mass is 10.1. The van der Waals surface area contributed by atoms with Gasteiger partial charge in [-0.3, -0.25) is 9.64 Å². The van der Waals surface area contributed by atoms with E-state index in [-0.39, 0.29) is 33.2 Å². The highest BCUT2D eigenvalue weighted by molar-refractivity contribution is 7.93. The zero-order chi connectivity index (χ0) is 28.9. The smallest absolute Gasteiger partial charge is 0.302 e. The molecule has 0 unspecified atom stereocenters. The summed E-state index contributed by atoms with van der Waals surface area (Å²) in [5.74, 6) is 0.367. The highest BCUT2D eigenvalue weighted by Crippen LogP contribution is 2.36. The minimum absolute atomic E-state index is 0.0562. The average Bonchev–Trinajstić information content (AvgIpc) is 2.96. The zero-order valence-electron chi connectivity index (χ0n) is 21.5. The molecule has 0 N–H and O–H groups in total. The molecule has 0 spiro atoms. The van der Waals surface area contributed by atoms with Gasteiger partial charge in [-0.2, -0.15) is 4.31 Å². The summed E-state index contributed by atoms with van der Waals surface area (Å²) >= 11 is 0. The first kappa shape index (κ1) is 28.3. The summed E-state index contributed by atoms with van der Waals surface area (Å²) < 4.78 is 66.3. The third-order valence-electron chi connectivity index (χ3n) is 5.97. The summed E-state index contributed by atoms with van der Waals surface area (Å²) in [5, 5.41) is 0.563. The molecule has 0 fully saturated rings. The number of hydrogen-bond donors (Lipinski definition) is 0. The van der Waals surface area contributed by atoms with Crippen LogP contribution in [-0.2, 0) is 29.6 Å². The Balaban J connectivity index is 1.90. The van der Waals surface area contributed by atoms with Crippen LogP contribution in [0.3, 0.4) is 0 Å². The Morgan fingerprint density at radius 1 is 0.875 bits per heavy atom. The van der Waals surface area contributed by atoms with Gasteiger partial charge in [0.15, 0.2) is 12.5 Å². The second-order valence-electron chi connectivity index (χ2n) is 8.40. The van der Waals surface area contributed by atoms with Gasteiger partial charge in [-0.25, -0.2) is 32.7 Å². The second kappa shape index (κ2) is 11.6. The molecule has 0 atom stereocenters. The molecule has 3 aromatic carbocycles. The Kier molecular flexibility index (Phi) is 8.22. The predicted octanol–water partition coefficient (Wildman–Crippen LogP) is 3.95. The Morgan fingerprint density at radius 2 is 1.45 bits per heavy atom. The number of carbonyl (C=O) groups is 1. The number of ether oxygens (including phenoxy) is 2. The van der Waals surface area contributed by atoms with Crippen molar-refractivity contribution < 1.29 is 31.1 Å². The van der Waals surface area contributed by atoms with E-state index in [0.29, 0.717) is 11.1 Å². The molecule has 0 aliphatic carbocycles. The van der Waals surface area contributed by atoms with Crippen molar-refractivity contribution in [2.45, 2.75) is 16.7 Å². The van der Waals surface area contributed by atoms with Crippen molar-refractivity contribution in [3.05, 3.63) is 96.0 Å². The van der Waals surface area contributed by atoms with Crippen LogP contribution in [0.5, 0.6) is 5.75 Å². The number of aryl methyl sites for hydroxylation is 1. The van der Waals surface area contributed by atoms with E-state index in [2.05, 4.69) is 9.83 Å². The van der Waals surface area contributed by atoms with Gasteiger partial charge in [-0.1, -0.05) is 42.0 Å². The Bertz CT molecular complexity index is 1790. The number of hydrogen-bond acceptors (Lipinski definition) is 8. The van der Waals surface area contributed by atoms with Gasteiger partial charge in [0, 0.05) is 10.8 Å². The van der Waals surface area contributed by atoms with E-state index in [0.717, 1.165) is 14.2 Å². The van der Waals surface area contributed by atoms with Crippen molar-refractivity contribution in [1.82, 2.24) is 4.98 Å². The Labute approximate surface area is 232 Å². The number of rotatable bonds is 11. The molecule has 0 bridgehead atoms. The number of anilines is 2. The van der Waals surface area contributed by atoms with Crippen LogP contribution in [0, 0.1) is 13.5 Å². The molecule has 206 valence electrons. The van der Waals surface area contributed by atoms with Crippen LogP contribution in [0.15, 0.2) is 88.8 Å². The molecule has 0 saturated heterocycles. The van der Waals surface area contributed by atoms with Gasteiger partial charge in [0.2, 0.25) is 0 Å². The van der Waals surface area contributed by atoms with Crippen LogP contribution >= 0.6 is 0 Å². The van der Waals surface area contributed by atoms with Crippen molar-refractivity contribution in [1.29, 1.82) is 0 Å². The standard InChI is InChI=1S/C27H24N4O7S2/c1-20-8-12-22(13-9-20)40(35,36)31(18-38-19-32)27-25-7-5-4-6-24(25)26(16-29-27)30(17-28-2)39(33,34)23-14-10-21(37-3)11-15-23/h4-16,19H,17-18H2,1,3H3. The highest BCUT2D eigenvalue weighted by atomic mass is 32.2. The maximum absolute atomic E-state index is 13.6. The van der Waals surface area contributed by atoms with E-state index >= 15 is 0 Å². The lowest BCUT2D eigenvalue weighted by Crippen LogP contribution is -2.35. The predicted molar refractivity (Wildman–Crippen MR) is 149 cm³/mol. The first-order valence-electron chi connectivity index (χ1n) is 11.7. The van der Waals surface area contributed by atoms with Crippen LogP contribution in [0.1, 0.15) is 5.56 Å². The van der Waals surface area contributed by atoms with Crippen LogP contribution in [-0.4, -0.2) is 48.8 Å². The van der Waals surface area contributed by atoms with E-state index in [4.69, 9.17) is 16.0 Å². The molecule has 0 radical (unpaired) electrons. The molecule has 0 aliphatic rings. The average molecular weight is 581 g/mol. The number of carbonyl (C=O) groups excluding carboxylic acids is 1. The first-order chi connectivity index (χ1) is 19.1. The lowest BCUT2D eigenvalue weighted by Gasteiger charge is -2.26. The quantitative estimate of drug-likeness (QED) is 0.148. The van der Waals surface area contributed by atoms with Crippen molar-refractivity contribution in [2.75, 3.05) is 29.1 Å². The minimum Gasteiger partial charge on any atom is -0.497 e. The van der Waals surface area contributed by atoms with Crippen molar-refractivity contribution in [2.24, 2.45) is 0 Å². The van der Waals surface area contributed by atoms with Gasteiger partial charge >= 0.3 is 6.67 Å². The van der Waals surface area contributed by atoms with E-state index in [9.17, 15) is 21.6 Å². The molecule has 0 saturated carbocycles. The summed E-state index contributed by atoms with van der Waals surface area (Å²) in [4.78, 5) is 18.5. The molecule has 11 nitrogen and oxygen atoms in total. The number of sulfonamides is 2. The van der Waals surface area contributed by atoms with E-state index in [1.54, 1.807) is 36.4 Å². The lowest BCUT2D eigenvalue weighted by molar-refractivity contribution is -0.128. The number of benzene rings is 3. The van der Waals surface area contributed by atoms with Gasteiger partial charge in [-0.15, -0.1) is 0 Å². The van der Waals surface area contributed by atoms with Gasteiger partial charge in [0.05, 0.1) is 28.8 Å². The van der Waals surface area contributed by atoms with E-state index in [1.807, 2.05) is 6.92 Å². The van der Waals surface area contributed by atoms with Crippen molar-refractivity contribution in [3.8, 4) is 5.75 Å². The van der Waals surface area contributed by atoms with Crippen LogP contribution in [0.2, 0.25) is 0 Å². The third-order valence-corrected chi connectivity index (χ3v) is 9.46. The number of nitrogens with zero attached hydrogens (tertiary/aromatic N) is 4. The molecule has 1 heterocycles. The van der Waals surface area contributed by atoms with Gasteiger partial charge in [0.25, 0.3) is 26.5 Å². The monoisotopic (exact) mass is 580 g/mol. The number of aromatic nitrogens is 1. The summed E-state index contributed by atoms with van der Waals surface area (Å²) in [6.07, 6.45) is 1.18. The second-order valence-corrected chi connectivity index (χ2v) is 12.1. The maximum atomic E-state index is 13.6. The van der Waals surface area contributed by atoms with Crippen molar-refractivity contribution >= 4 is 48.8 Å². The minimum atomic E-state index is -4.26. The zero-order valence-corrected chi connectivity index (χ0v) is 23.1. The van der Waals surface area contributed by atoms with Crippen molar-refractivity contribution in [3.63, 3.8) is 0 Å².